The van der Waals surface area contributed by atoms with Crippen LogP contribution in [-0.2, 0) is 12.8 Å². The Hall–Kier alpha value is -2.40. The zero-order valence-corrected chi connectivity index (χ0v) is 12.1. The van der Waals surface area contributed by atoms with E-state index >= 15 is 0 Å². The van der Waals surface area contributed by atoms with Crippen LogP contribution in [0.2, 0.25) is 0 Å². The van der Waals surface area contributed by atoms with Crippen molar-refractivity contribution in [2.75, 3.05) is 0 Å². The van der Waals surface area contributed by atoms with Crippen LogP contribution < -0.4 is 5.73 Å². The molecule has 4 nitrogen and oxygen atoms in total. The van der Waals surface area contributed by atoms with Crippen molar-refractivity contribution in [2.45, 2.75) is 12.8 Å². The van der Waals surface area contributed by atoms with Gasteiger partial charge in [-0.2, -0.15) is 0 Å². The second kappa shape index (κ2) is 5.54. The molecule has 3 aromatic rings. The molecule has 0 aliphatic heterocycles. The van der Waals surface area contributed by atoms with Gasteiger partial charge in [-0.1, -0.05) is 30.3 Å². The van der Waals surface area contributed by atoms with Gasteiger partial charge in [-0.25, -0.2) is 4.98 Å². The molecule has 0 aliphatic rings. The van der Waals surface area contributed by atoms with Gasteiger partial charge in [0, 0.05) is 16.5 Å². The third-order valence-corrected chi connectivity index (χ3v) is 4.54. The summed E-state index contributed by atoms with van der Waals surface area (Å²) in [6, 6.07) is 12.2. The maximum absolute atomic E-state index is 11.2. The van der Waals surface area contributed by atoms with E-state index in [2.05, 4.69) is 17.1 Å². The quantitative estimate of drug-likeness (QED) is 0.777. The van der Waals surface area contributed by atoms with E-state index in [-0.39, 0.29) is 11.4 Å². The SMILES string of the molecule is NC(=O)c1ncc2cc(CCc3ccccc3)sc2c1O. The Morgan fingerprint density at radius 2 is 2.00 bits per heavy atom. The van der Waals surface area contributed by atoms with Gasteiger partial charge in [0.25, 0.3) is 5.91 Å². The van der Waals surface area contributed by atoms with Crippen molar-refractivity contribution in [1.82, 2.24) is 4.98 Å². The average Bonchev–Trinajstić information content (AvgIpc) is 2.90. The molecule has 0 fully saturated rings. The molecular formula is C16H14N2O2S. The molecule has 2 aromatic heterocycles. The third kappa shape index (κ3) is 2.73. The van der Waals surface area contributed by atoms with E-state index in [9.17, 15) is 9.90 Å². The lowest BCUT2D eigenvalue weighted by atomic mass is 10.1. The Labute approximate surface area is 125 Å². The number of amides is 1. The molecule has 0 aliphatic carbocycles. The monoisotopic (exact) mass is 298 g/mol. The molecule has 0 spiro atoms. The van der Waals surface area contributed by atoms with Crippen molar-refractivity contribution in [3.05, 3.63) is 58.7 Å². The number of hydrogen-bond donors (Lipinski definition) is 2. The first-order valence-electron chi connectivity index (χ1n) is 6.59. The number of aryl methyl sites for hydroxylation is 2. The molecule has 5 heteroatoms. The highest BCUT2D eigenvalue weighted by Crippen LogP contribution is 2.34. The summed E-state index contributed by atoms with van der Waals surface area (Å²) >= 11 is 1.48. The number of hydrogen-bond acceptors (Lipinski definition) is 4. The van der Waals surface area contributed by atoms with Crippen LogP contribution in [0.1, 0.15) is 20.9 Å². The number of pyridine rings is 1. The molecule has 1 aromatic carbocycles. The first-order valence-corrected chi connectivity index (χ1v) is 7.41. The average molecular weight is 298 g/mol. The van der Waals surface area contributed by atoms with Crippen LogP contribution in [0.4, 0.5) is 0 Å². The van der Waals surface area contributed by atoms with E-state index in [1.807, 2.05) is 24.3 Å². The van der Waals surface area contributed by atoms with Crippen LogP contribution in [-0.4, -0.2) is 16.0 Å². The lowest BCUT2D eigenvalue weighted by Crippen LogP contribution is -2.12. The van der Waals surface area contributed by atoms with Gasteiger partial charge in [0.1, 0.15) is 0 Å². The molecule has 0 unspecified atom stereocenters. The number of nitrogens with zero attached hydrogens (tertiary/aromatic N) is 1. The summed E-state index contributed by atoms with van der Waals surface area (Å²) in [5.41, 5.74) is 6.39. The highest BCUT2D eigenvalue weighted by atomic mass is 32.1. The number of rotatable bonds is 4. The van der Waals surface area contributed by atoms with Gasteiger partial charge in [0.05, 0.1) is 4.70 Å². The Morgan fingerprint density at radius 1 is 1.24 bits per heavy atom. The maximum Gasteiger partial charge on any atom is 0.271 e. The number of carbonyl (C=O) groups excluding carboxylic acids is 1. The van der Waals surface area contributed by atoms with E-state index in [0.29, 0.717) is 4.70 Å². The molecule has 106 valence electrons. The van der Waals surface area contributed by atoms with Crippen LogP contribution in [0.25, 0.3) is 10.1 Å². The standard InChI is InChI=1S/C16H14N2O2S/c17-16(20)13-14(19)15-11(9-18-13)8-12(21-15)7-6-10-4-2-1-3-5-10/h1-5,8-9,19H,6-7H2,(H2,17,20). The van der Waals surface area contributed by atoms with Gasteiger partial charge in [-0.3, -0.25) is 4.79 Å². The lowest BCUT2D eigenvalue weighted by Gasteiger charge is -1.99. The van der Waals surface area contributed by atoms with Crippen molar-refractivity contribution >= 4 is 27.3 Å². The fourth-order valence-corrected chi connectivity index (χ4v) is 3.33. The fraction of sp³-hybridized carbons (Fsp3) is 0.125. The summed E-state index contributed by atoms with van der Waals surface area (Å²) in [6.07, 6.45) is 3.40. The lowest BCUT2D eigenvalue weighted by molar-refractivity contribution is 0.0993. The predicted octanol–water partition coefficient (Wildman–Crippen LogP) is 2.89. The highest BCUT2D eigenvalue weighted by molar-refractivity contribution is 7.19. The number of aromatic hydroxyl groups is 1. The van der Waals surface area contributed by atoms with Crippen molar-refractivity contribution in [3.8, 4) is 5.75 Å². The van der Waals surface area contributed by atoms with Crippen molar-refractivity contribution in [2.24, 2.45) is 5.73 Å². The normalized spacial score (nSPS) is 10.9. The maximum atomic E-state index is 11.2. The largest absolute Gasteiger partial charge is 0.504 e. The fourth-order valence-electron chi connectivity index (χ4n) is 2.26. The molecular weight excluding hydrogens is 284 g/mol. The molecule has 3 N–H and O–H groups in total. The number of carbonyl (C=O) groups is 1. The third-order valence-electron chi connectivity index (χ3n) is 3.32. The van der Waals surface area contributed by atoms with Crippen LogP contribution in [0, 0.1) is 0 Å². The first kappa shape index (κ1) is 13.6. The second-order valence-electron chi connectivity index (χ2n) is 4.80. The number of thiophene rings is 1. The van der Waals surface area contributed by atoms with Crippen LogP contribution in [0.5, 0.6) is 5.75 Å². The van der Waals surface area contributed by atoms with Gasteiger partial charge < -0.3 is 10.8 Å². The number of primary amides is 1. The minimum atomic E-state index is -0.714. The number of aromatic nitrogens is 1. The summed E-state index contributed by atoms with van der Waals surface area (Å²) in [4.78, 5) is 16.3. The summed E-state index contributed by atoms with van der Waals surface area (Å²) in [6.45, 7) is 0. The molecule has 21 heavy (non-hydrogen) atoms. The van der Waals surface area contributed by atoms with Crippen molar-refractivity contribution in [3.63, 3.8) is 0 Å². The summed E-state index contributed by atoms with van der Waals surface area (Å²) in [5, 5.41) is 10.9. The molecule has 2 heterocycles. The van der Waals surface area contributed by atoms with Crippen LogP contribution in [0.15, 0.2) is 42.6 Å². The summed E-state index contributed by atoms with van der Waals surface area (Å²) in [7, 11) is 0. The van der Waals surface area contributed by atoms with Gasteiger partial charge in [0.15, 0.2) is 11.4 Å². The molecule has 0 radical (unpaired) electrons. The highest BCUT2D eigenvalue weighted by Gasteiger charge is 2.15. The number of benzene rings is 1. The van der Waals surface area contributed by atoms with Crippen LogP contribution in [0.3, 0.4) is 0 Å². The first-order chi connectivity index (χ1) is 10.1. The topological polar surface area (TPSA) is 76.2 Å². The summed E-state index contributed by atoms with van der Waals surface area (Å²) < 4.78 is 0.668. The van der Waals surface area contributed by atoms with Crippen molar-refractivity contribution in [1.29, 1.82) is 0 Å². The van der Waals surface area contributed by atoms with E-state index in [1.165, 1.54) is 16.9 Å². The Bertz CT molecular complexity index is 797. The Kier molecular flexibility index (Phi) is 3.58. The minimum Gasteiger partial charge on any atom is -0.504 e. The molecule has 0 saturated heterocycles. The molecule has 0 saturated carbocycles. The van der Waals surface area contributed by atoms with E-state index in [4.69, 9.17) is 5.73 Å². The van der Waals surface area contributed by atoms with Crippen LogP contribution >= 0.6 is 11.3 Å². The molecule has 1 amide bonds. The van der Waals surface area contributed by atoms with Gasteiger partial charge in [0.2, 0.25) is 0 Å². The second-order valence-corrected chi connectivity index (χ2v) is 5.94. The Morgan fingerprint density at radius 3 is 2.71 bits per heavy atom. The zero-order valence-electron chi connectivity index (χ0n) is 11.2. The van der Waals surface area contributed by atoms with Gasteiger partial charge >= 0.3 is 0 Å². The van der Waals surface area contributed by atoms with Gasteiger partial charge in [-0.05, 0) is 24.5 Å². The zero-order chi connectivity index (χ0) is 14.8. The smallest absolute Gasteiger partial charge is 0.271 e. The van der Waals surface area contributed by atoms with Crippen molar-refractivity contribution < 1.29 is 9.90 Å². The molecule has 0 bridgehead atoms. The molecule has 0 atom stereocenters. The summed E-state index contributed by atoms with van der Waals surface area (Å²) in [5.74, 6) is -0.829. The molecule has 3 rings (SSSR count). The number of fused-ring (bicyclic) bond motifs is 1. The minimum absolute atomic E-state index is 0.0704. The predicted molar refractivity (Wildman–Crippen MR) is 83.7 cm³/mol. The Balaban J connectivity index is 1.87. The number of nitrogens with two attached hydrogens (primary N) is 1. The van der Waals surface area contributed by atoms with Gasteiger partial charge in [-0.15, -0.1) is 11.3 Å². The van der Waals surface area contributed by atoms with E-state index in [1.54, 1.807) is 6.20 Å². The van der Waals surface area contributed by atoms with E-state index < -0.39 is 5.91 Å². The van der Waals surface area contributed by atoms with E-state index in [0.717, 1.165) is 23.1 Å².